The molecule has 50 heavy (non-hydrogen) atoms. The van der Waals surface area contributed by atoms with Crippen molar-refractivity contribution >= 4 is 40.9 Å². The third kappa shape index (κ3) is 12.2. The van der Waals surface area contributed by atoms with Gasteiger partial charge in [0.1, 0.15) is 30.3 Å². The fourth-order valence-corrected chi connectivity index (χ4v) is 5.37. The summed E-state index contributed by atoms with van der Waals surface area (Å²) < 4.78 is 17.6. The van der Waals surface area contributed by atoms with Crippen molar-refractivity contribution in [1.82, 2.24) is 20.5 Å². The van der Waals surface area contributed by atoms with Crippen LogP contribution in [0.3, 0.4) is 0 Å². The van der Waals surface area contributed by atoms with Crippen molar-refractivity contribution in [3.05, 3.63) is 71.9 Å². The number of ether oxygens (including phenoxy) is 3. The summed E-state index contributed by atoms with van der Waals surface area (Å²) in [6.45, 7) is 12.9. The van der Waals surface area contributed by atoms with E-state index < -0.39 is 53.7 Å². The summed E-state index contributed by atoms with van der Waals surface area (Å²) in [5, 5.41) is 8.98. The monoisotopic (exact) mass is 692 g/mol. The molecular weight excluding hydrogens is 640 g/mol. The number of esters is 1. The average Bonchev–Trinajstić information content (AvgIpc) is 3.42. The zero-order valence-corrected chi connectivity index (χ0v) is 30.2. The predicted molar refractivity (Wildman–Crippen MR) is 190 cm³/mol. The number of carbonyl (C=O) groups is 5. The number of benzene rings is 2. The number of hydrogen-bond donors (Lipinski definition) is 3. The number of alkyl carbamates (subject to hydrolysis) is 1. The lowest BCUT2D eigenvalue weighted by Gasteiger charge is -2.27. The van der Waals surface area contributed by atoms with Crippen LogP contribution in [0.2, 0.25) is 0 Å². The quantitative estimate of drug-likeness (QED) is 0.122. The first-order chi connectivity index (χ1) is 23.7. The Morgan fingerprint density at radius 3 is 2.08 bits per heavy atom. The molecule has 0 radical (unpaired) electrons. The number of hydrogen-bond acceptors (Lipinski definition) is 8. The van der Waals surface area contributed by atoms with Gasteiger partial charge in [-0.15, -0.1) is 0 Å². The number of fused-ring (bicyclic) bond motifs is 1. The summed E-state index contributed by atoms with van der Waals surface area (Å²) in [7, 11) is 0. The van der Waals surface area contributed by atoms with Gasteiger partial charge in [0.25, 0.3) is 0 Å². The maximum Gasteiger partial charge on any atom is 0.418 e. The molecule has 0 spiro atoms. The summed E-state index contributed by atoms with van der Waals surface area (Å²) in [6.07, 6.45) is 2.22. The number of aromatic nitrogens is 1. The Balaban J connectivity index is 1.95. The van der Waals surface area contributed by atoms with Crippen molar-refractivity contribution < 1.29 is 38.2 Å². The van der Waals surface area contributed by atoms with E-state index >= 15 is 0 Å². The molecule has 12 nitrogen and oxygen atoms in total. The molecule has 0 aliphatic carbocycles. The highest BCUT2D eigenvalue weighted by molar-refractivity contribution is 5.95. The second-order valence-corrected chi connectivity index (χ2v) is 13.6. The molecule has 3 N–H and O–H groups in total. The highest BCUT2D eigenvalue weighted by atomic mass is 16.6. The molecule has 272 valence electrons. The normalized spacial score (nSPS) is 13.2. The molecule has 0 aliphatic rings. The molecule has 3 amide bonds. The highest BCUT2D eigenvalue weighted by Crippen LogP contribution is 2.23. The smallest absolute Gasteiger partial charge is 0.418 e. The van der Waals surface area contributed by atoms with Crippen LogP contribution in [-0.2, 0) is 41.6 Å². The number of nitrogens with zero attached hydrogens (tertiary/aromatic N) is 1. The van der Waals surface area contributed by atoms with E-state index in [2.05, 4.69) is 16.0 Å². The molecule has 12 heteroatoms. The van der Waals surface area contributed by atoms with Gasteiger partial charge in [0.15, 0.2) is 0 Å². The van der Waals surface area contributed by atoms with Gasteiger partial charge >= 0.3 is 18.2 Å². The Labute approximate surface area is 294 Å². The van der Waals surface area contributed by atoms with Gasteiger partial charge < -0.3 is 30.2 Å². The average molecular weight is 693 g/mol. The minimum Gasteiger partial charge on any atom is -0.459 e. The summed E-state index contributed by atoms with van der Waals surface area (Å²) >= 11 is 0. The fraction of sp³-hybridized carbons (Fsp3) is 0.500. The first-order valence-electron chi connectivity index (χ1n) is 17.3. The molecule has 2 aromatic carbocycles. The van der Waals surface area contributed by atoms with E-state index in [4.69, 9.17) is 14.2 Å². The second-order valence-electron chi connectivity index (χ2n) is 13.6. The number of nitrogens with one attached hydrogen (secondary N) is 3. The van der Waals surface area contributed by atoms with E-state index in [1.165, 1.54) is 4.57 Å². The molecule has 1 aromatic heterocycles. The van der Waals surface area contributed by atoms with Crippen LogP contribution in [0.5, 0.6) is 0 Å². The molecule has 0 saturated carbocycles. The number of amides is 3. The topological polar surface area (TPSA) is 154 Å². The zero-order chi connectivity index (χ0) is 36.8. The molecule has 0 unspecified atom stereocenters. The Morgan fingerprint density at radius 2 is 1.44 bits per heavy atom. The van der Waals surface area contributed by atoms with E-state index in [1.54, 1.807) is 46.0 Å². The Kier molecular flexibility index (Phi) is 14.9. The van der Waals surface area contributed by atoms with E-state index in [-0.39, 0.29) is 32.0 Å². The van der Waals surface area contributed by atoms with Gasteiger partial charge in [-0.25, -0.2) is 14.4 Å². The third-order valence-corrected chi connectivity index (χ3v) is 7.70. The maximum absolute atomic E-state index is 14.1. The summed E-state index contributed by atoms with van der Waals surface area (Å²) in [6, 6.07) is 13.2. The van der Waals surface area contributed by atoms with Gasteiger partial charge in [-0.05, 0) is 63.6 Å². The largest absolute Gasteiger partial charge is 0.459 e. The van der Waals surface area contributed by atoms with E-state index in [0.717, 1.165) is 12.0 Å². The third-order valence-electron chi connectivity index (χ3n) is 7.70. The Hall–Kier alpha value is -4.87. The number of para-hydroxylation sites is 1. The van der Waals surface area contributed by atoms with Crippen molar-refractivity contribution in [2.45, 2.75) is 111 Å². The van der Waals surface area contributed by atoms with Crippen molar-refractivity contribution in [3.8, 4) is 0 Å². The van der Waals surface area contributed by atoms with Crippen LogP contribution in [0.25, 0.3) is 10.9 Å². The fourth-order valence-electron chi connectivity index (χ4n) is 5.37. The first kappa shape index (κ1) is 39.6. The van der Waals surface area contributed by atoms with Crippen LogP contribution in [0, 0.1) is 5.92 Å². The first-order valence-corrected chi connectivity index (χ1v) is 17.3. The van der Waals surface area contributed by atoms with E-state index in [1.807, 2.05) is 63.2 Å². The SMILES string of the molecule is CCCC[C@@H](NC(=O)[C@@H](Cc1cn(C(=O)OCC)c2ccccc12)NC(=O)[C@H](CC(C)C)NC(=O)OC(C)(C)C)C(=O)OCc1ccccc1. The lowest BCUT2D eigenvalue weighted by atomic mass is 10.0. The Morgan fingerprint density at radius 1 is 0.800 bits per heavy atom. The van der Waals surface area contributed by atoms with E-state index in [0.29, 0.717) is 29.3 Å². The van der Waals surface area contributed by atoms with Gasteiger partial charge in [-0.3, -0.25) is 14.2 Å². The molecule has 1 heterocycles. The van der Waals surface area contributed by atoms with Crippen molar-refractivity contribution in [1.29, 1.82) is 0 Å². The van der Waals surface area contributed by atoms with Crippen LogP contribution in [-0.4, -0.2) is 64.9 Å². The molecule has 0 saturated heterocycles. The minimum atomic E-state index is -1.20. The van der Waals surface area contributed by atoms with Gasteiger partial charge in [-0.2, -0.15) is 0 Å². The molecule has 0 bridgehead atoms. The second kappa shape index (κ2) is 18.8. The zero-order valence-electron chi connectivity index (χ0n) is 30.2. The van der Waals surface area contributed by atoms with Crippen LogP contribution >= 0.6 is 0 Å². The number of unbranched alkanes of at least 4 members (excludes halogenated alkanes) is 1. The molecule has 3 rings (SSSR count). The molecule has 3 atom stereocenters. The maximum atomic E-state index is 14.1. The van der Waals surface area contributed by atoms with Crippen LogP contribution in [0.1, 0.15) is 85.3 Å². The van der Waals surface area contributed by atoms with Crippen LogP contribution in [0.15, 0.2) is 60.8 Å². The Bertz CT molecular complexity index is 1600. The minimum absolute atomic E-state index is 0.00771. The van der Waals surface area contributed by atoms with Gasteiger partial charge in [0.05, 0.1) is 12.1 Å². The van der Waals surface area contributed by atoms with Gasteiger partial charge in [-0.1, -0.05) is 82.1 Å². The summed E-state index contributed by atoms with van der Waals surface area (Å²) in [4.78, 5) is 66.9. The standard InChI is InChI=1S/C38H52N4O8/c1-8-10-19-29(35(45)49-24-26-16-12-11-13-17-26)39-34(44)31(40-33(43)30(21-25(3)4)41-36(46)50-38(5,6)7)22-27-23-42(37(47)48-9-2)32-20-15-14-18-28(27)32/h11-18,20,23,25,29-31H,8-10,19,21-22,24H2,1-7H3,(H,39,44)(H,40,43)(H,41,46)/t29-,30+,31-/m1/s1. The van der Waals surface area contributed by atoms with Gasteiger partial charge in [0.2, 0.25) is 11.8 Å². The van der Waals surface area contributed by atoms with Crippen molar-refractivity contribution in [2.24, 2.45) is 5.92 Å². The van der Waals surface area contributed by atoms with Crippen LogP contribution < -0.4 is 16.0 Å². The van der Waals surface area contributed by atoms with Crippen molar-refractivity contribution in [3.63, 3.8) is 0 Å². The van der Waals surface area contributed by atoms with E-state index in [9.17, 15) is 24.0 Å². The highest BCUT2D eigenvalue weighted by Gasteiger charge is 2.32. The lowest BCUT2D eigenvalue weighted by molar-refractivity contribution is -0.149. The predicted octanol–water partition coefficient (Wildman–Crippen LogP) is 6.03. The number of rotatable bonds is 16. The molecule has 0 aliphatic heterocycles. The lowest BCUT2D eigenvalue weighted by Crippen LogP contribution is -2.57. The van der Waals surface area contributed by atoms with Crippen LogP contribution in [0.4, 0.5) is 9.59 Å². The molecule has 0 fully saturated rings. The summed E-state index contributed by atoms with van der Waals surface area (Å²) in [5.74, 6) is -1.81. The molecule has 3 aromatic rings. The van der Waals surface area contributed by atoms with Crippen molar-refractivity contribution in [2.75, 3.05) is 6.61 Å². The van der Waals surface area contributed by atoms with Gasteiger partial charge in [0, 0.05) is 18.0 Å². The summed E-state index contributed by atoms with van der Waals surface area (Å²) in [5.41, 5.74) is 1.17. The molecular formula is C38H52N4O8. The number of carbonyl (C=O) groups excluding carboxylic acids is 5.